The topological polar surface area (TPSA) is 49.3 Å². The van der Waals surface area contributed by atoms with Gasteiger partial charge in [-0.05, 0) is 30.5 Å². The third kappa shape index (κ3) is 1.90. The Morgan fingerprint density at radius 2 is 2.19 bits per heavy atom. The second-order valence-corrected chi connectivity index (χ2v) is 4.76. The minimum atomic E-state index is -0.897. The number of fused-ring (bicyclic) bond motifs is 1. The Bertz CT molecular complexity index is 448. The lowest BCUT2D eigenvalue weighted by Crippen LogP contribution is -2.41. The van der Waals surface area contributed by atoms with Crippen molar-refractivity contribution in [3.8, 4) is 0 Å². The van der Waals surface area contributed by atoms with Crippen molar-refractivity contribution >= 4 is 29.2 Å². The largest absolute Gasteiger partial charge is 0.480 e. The zero-order valence-electron chi connectivity index (χ0n) is 8.63. The van der Waals surface area contributed by atoms with Gasteiger partial charge in [-0.2, -0.15) is 0 Å². The molecule has 3 nitrogen and oxygen atoms in total. The van der Waals surface area contributed by atoms with E-state index >= 15 is 0 Å². The fraction of sp³-hybridized carbons (Fsp3) is 0.364. The van der Waals surface area contributed by atoms with E-state index in [1.807, 2.05) is 6.92 Å². The van der Waals surface area contributed by atoms with Gasteiger partial charge in [-0.25, -0.2) is 0 Å². The predicted molar refractivity (Wildman–Crippen MR) is 63.1 cm³/mol. The van der Waals surface area contributed by atoms with Crippen molar-refractivity contribution in [1.82, 2.24) is 5.32 Å². The summed E-state index contributed by atoms with van der Waals surface area (Å²) in [6.07, 6.45) is 0.693. The van der Waals surface area contributed by atoms with Gasteiger partial charge in [0.2, 0.25) is 0 Å². The Labute approximate surface area is 103 Å². The monoisotopic (exact) mass is 259 g/mol. The van der Waals surface area contributed by atoms with Crippen LogP contribution >= 0.6 is 23.2 Å². The number of hydrogen-bond acceptors (Lipinski definition) is 2. The molecule has 0 aliphatic carbocycles. The van der Waals surface area contributed by atoms with Crippen LogP contribution in [0.4, 0.5) is 0 Å². The van der Waals surface area contributed by atoms with E-state index in [0.717, 1.165) is 5.56 Å². The highest BCUT2D eigenvalue weighted by Gasteiger charge is 2.30. The molecule has 16 heavy (non-hydrogen) atoms. The molecule has 0 saturated carbocycles. The average Bonchev–Trinajstić information content (AvgIpc) is 2.23. The summed E-state index contributed by atoms with van der Waals surface area (Å²) in [6, 6.07) is 2.73. The molecule has 1 aromatic rings. The zero-order valence-corrected chi connectivity index (χ0v) is 10.1. The summed E-state index contributed by atoms with van der Waals surface area (Å²) in [7, 11) is 0. The van der Waals surface area contributed by atoms with Crippen molar-refractivity contribution in [1.29, 1.82) is 0 Å². The van der Waals surface area contributed by atoms with Crippen LogP contribution in [0.1, 0.15) is 24.1 Å². The molecule has 86 valence electrons. The molecule has 0 saturated heterocycles. The van der Waals surface area contributed by atoms with Crippen molar-refractivity contribution in [3.63, 3.8) is 0 Å². The first-order chi connectivity index (χ1) is 7.50. The van der Waals surface area contributed by atoms with Crippen molar-refractivity contribution < 1.29 is 9.90 Å². The second-order valence-electron chi connectivity index (χ2n) is 3.97. The zero-order chi connectivity index (χ0) is 11.9. The number of hydrogen-bond donors (Lipinski definition) is 2. The SMILES string of the molecule is CC1Cc2c(ccc(Cl)c2Cl)C(C(=O)O)N1. The van der Waals surface area contributed by atoms with Gasteiger partial charge in [0.05, 0.1) is 10.0 Å². The maximum atomic E-state index is 11.1. The van der Waals surface area contributed by atoms with Crippen LogP contribution in [0, 0.1) is 0 Å². The van der Waals surface area contributed by atoms with E-state index in [1.165, 1.54) is 0 Å². The Balaban J connectivity index is 2.56. The van der Waals surface area contributed by atoms with Crippen LogP contribution in [0.2, 0.25) is 10.0 Å². The number of rotatable bonds is 1. The van der Waals surface area contributed by atoms with E-state index < -0.39 is 12.0 Å². The van der Waals surface area contributed by atoms with Gasteiger partial charge < -0.3 is 5.11 Å². The predicted octanol–water partition coefficient (Wildman–Crippen LogP) is 2.65. The van der Waals surface area contributed by atoms with Crippen LogP contribution in [0.25, 0.3) is 0 Å². The second kappa shape index (κ2) is 4.24. The van der Waals surface area contributed by atoms with Crippen LogP contribution in [0.15, 0.2) is 12.1 Å². The number of carboxylic acids is 1. The molecule has 0 bridgehead atoms. The van der Waals surface area contributed by atoms with E-state index in [1.54, 1.807) is 12.1 Å². The highest BCUT2D eigenvalue weighted by Crippen LogP contribution is 2.35. The maximum Gasteiger partial charge on any atom is 0.325 e. The summed E-state index contributed by atoms with van der Waals surface area (Å²) in [5, 5.41) is 13.1. The molecule has 1 heterocycles. The Morgan fingerprint density at radius 3 is 2.81 bits per heavy atom. The summed E-state index contributed by atoms with van der Waals surface area (Å²) in [5.41, 5.74) is 1.55. The minimum Gasteiger partial charge on any atom is -0.480 e. The molecule has 2 atom stereocenters. The molecular formula is C11H11Cl2NO2. The lowest BCUT2D eigenvalue weighted by molar-refractivity contribution is -0.140. The Morgan fingerprint density at radius 1 is 1.50 bits per heavy atom. The maximum absolute atomic E-state index is 11.1. The number of halogens is 2. The molecule has 0 aromatic heterocycles. The van der Waals surface area contributed by atoms with Crippen molar-refractivity contribution in [2.75, 3.05) is 0 Å². The van der Waals surface area contributed by atoms with Gasteiger partial charge in [0, 0.05) is 6.04 Å². The van der Waals surface area contributed by atoms with Gasteiger partial charge in [-0.3, -0.25) is 10.1 Å². The molecular weight excluding hydrogens is 249 g/mol. The molecule has 2 N–H and O–H groups in total. The fourth-order valence-electron chi connectivity index (χ4n) is 2.03. The molecule has 0 fully saturated rings. The average molecular weight is 260 g/mol. The van der Waals surface area contributed by atoms with E-state index in [0.29, 0.717) is 22.0 Å². The Hall–Kier alpha value is -0.770. The van der Waals surface area contributed by atoms with Gasteiger partial charge in [0.25, 0.3) is 0 Å². The standard InChI is InChI=1S/C11H11Cl2NO2/c1-5-4-7-6(10(14-5)11(15)16)2-3-8(12)9(7)13/h2-3,5,10,14H,4H2,1H3,(H,15,16). The molecule has 0 spiro atoms. The number of carboxylic acid groups (broad SMARTS) is 1. The van der Waals surface area contributed by atoms with Gasteiger partial charge in [-0.15, -0.1) is 0 Å². The van der Waals surface area contributed by atoms with E-state index in [4.69, 9.17) is 28.3 Å². The van der Waals surface area contributed by atoms with Crippen LogP contribution in [0.3, 0.4) is 0 Å². The highest BCUT2D eigenvalue weighted by molar-refractivity contribution is 6.42. The molecule has 5 heteroatoms. The summed E-state index contributed by atoms with van der Waals surface area (Å²) in [6.45, 7) is 1.93. The van der Waals surface area contributed by atoms with Crippen molar-refractivity contribution in [2.45, 2.75) is 25.4 Å². The molecule has 1 aliphatic rings. The Kier molecular flexibility index (Phi) is 3.10. The van der Waals surface area contributed by atoms with Crippen LogP contribution in [-0.4, -0.2) is 17.1 Å². The normalized spacial score (nSPS) is 23.9. The fourth-order valence-corrected chi connectivity index (χ4v) is 2.46. The van der Waals surface area contributed by atoms with E-state index in [2.05, 4.69) is 5.32 Å². The van der Waals surface area contributed by atoms with Crippen molar-refractivity contribution in [2.24, 2.45) is 0 Å². The summed E-state index contributed by atoms with van der Waals surface area (Å²) in [5.74, 6) is -0.897. The van der Waals surface area contributed by atoms with Gasteiger partial charge in [0.15, 0.2) is 0 Å². The third-order valence-corrected chi connectivity index (χ3v) is 3.60. The molecule has 1 aromatic carbocycles. The summed E-state index contributed by atoms with van der Waals surface area (Å²) in [4.78, 5) is 11.1. The first-order valence-electron chi connectivity index (χ1n) is 4.96. The first-order valence-corrected chi connectivity index (χ1v) is 5.72. The van der Waals surface area contributed by atoms with Crippen molar-refractivity contribution in [3.05, 3.63) is 33.3 Å². The van der Waals surface area contributed by atoms with Crippen LogP contribution in [0.5, 0.6) is 0 Å². The van der Waals surface area contributed by atoms with Crippen LogP contribution < -0.4 is 5.32 Å². The van der Waals surface area contributed by atoms with Gasteiger partial charge in [-0.1, -0.05) is 29.3 Å². The number of benzene rings is 1. The smallest absolute Gasteiger partial charge is 0.325 e. The number of aliphatic carboxylic acids is 1. The summed E-state index contributed by atoms with van der Waals surface area (Å²) >= 11 is 12.0. The molecule has 0 radical (unpaired) electrons. The van der Waals surface area contributed by atoms with E-state index in [-0.39, 0.29) is 6.04 Å². The highest BCUT2D eigenvalue weighted by atomic mass is 35.5. The van der Waals surface area contributed by atoms with Crippen LogP contribution in [-0.2, 0) is 11.2 Å². The molecule has 2 unspecified atom stereocenters. The van der Waals surface area contributed by atoms with E-state index in [9.17, 15) is 4.79 Å². The molecule has 1 aliphatic heterocycles. The molecule has 0 amide bonds. The van der Waals surface area contributed by atoms with Gasteiger partial charge >= 0.3 is 5.97 Å². The molecule has 2 rings (SSSR count). The summed E-state index contributed by atoms with van der Waals surface area (Å²) < 4.78 is 0. The lowest BCUT2D eigenvalue weighted by atomic mass is 9.91. The third-order valence-electron chi connectivity index (χ3n) is 2.75. The number of nitrogens with one attached hydrogen (secondary N) is 1. The number of carbonyl (C=O) groups is 1. The quantitative estimate of drug-likeness (QED) is 0.816. The minimum absolute atomic E-state index is 0.0737. The first kappa shape index (κ1) is 11.7. The lowest BCUT2D eigenvalue weighted by Gasteiger charge is -2.29. The van der Waals surface area contributed by atoms with Gasteiger partial charge in [0.1, 0.15) is 6.04 Å².